The van der Waals surface area contributed by atoms with Gasteiger partial charge in [0.05, 0.1) is 0 Å². The molecule has 8 rings (SSSR count). The molecule has 3 atom stereocenters. The molecule has 0 aromatic heterocycles. The van der Waals surface area contributed by atoms with E-state index in [-0.39, 0.29) is 23.8 Å². The van der Waals surface area contributed by atoms with Crippen molar-refractivity contribution in [3.05, 3.63) is 210 Å². The lowest BCUT2D eigenvalue weighted by Crippen LogP contribution is -2.04. The average Bonchev–Trinajstić information content (AvgIpc) is 3.25. The van der Waals surface area contributed by atoms with E-state index in [4.69, 9.17) is 18.1 Å². The fraction of sp³-hybridized carbons (Fsp3) is 0.0800. The molecule has 1 N–H and O–H groups in total. The topological polar surface area (TPSA) is 57.2 Å². The minimum absolute atomic E-state index is 0.187. The SMILES string of the molecule is C=Cc1ccc(OPOC(c2ccccc2)c2ccccc2OPOc2ccc3ccccc3c2-c2c(O)ccc3ccccc23)c(C)c1C.Cc1ccccc1. The molecule has 0 aliphatic heterocycles. The van der Waals surface area contributed by atoms with E-state index >= 15 is 0 Å². The maximum Gasteiger partial charge on any atom is 0.275 e. The summed E-state index contributed by atoms with van der Waals surface area (Å²) in [6, 6.07) is 56.0. The molecule has 5 nitrogen and oxygen atoms in total. The van der Waals surface area contributed by atoms with E-state index in [0.29, 0.717) is 11.5 Å². The number of aryl methyl sites for hydroxylation is 1. The lowest BCUT2D eigenvalue weighted by atomic mass is 9.92. The predicted octanol–water partition coefficient (Wildman–Crippen LogP) is 14.3. The largest absolute Gasteiger partial charge is 0.507 e. The number of rotatable bonds is 12. The van der Waals surface area contributed by atoms with Gasteiger partial charge in [0.2, 0.25) is 9.03 Å². The first kappa shape index (κ1) is 39.3. The Morgan fingerprint density at radius 3 is 1.75 bits per heavy atom. The van der Waals surface area contributed by atoms with Gasteiger partial charge in [-0.15, -0.1) is 0 Å². The van der Waals surface area contributed by atoms with Gasteiger partial charge in [-0.25, -0.2) is 0 Å². The van der Waals surface area contributed by atoms with E-state index < -0.39 is 6.10 Å². The van der Waals surface area contributed by atoms with Crippen LogP contribution in [0.25, 0.3) is 38.7 Å². The fourth-order valence-corrected chi connectivity index (χ4v) is 8.05. The quantitative estimate of drug-likeness (QED) is 0.125. The summed E-state index contributed by atoms with van der Waals surface area (Å²) >= 11 is 0. The Hall–Kier alpha value is -5.96. The van der Waals surface area contributed by atoms with Crippen molar-refractivity contribution < 1.29 is 23.2 Å². The first-order valence-electron chi connectivity index (χ1n) is 18.7. The first-order chi connectivity index (χ1) is 27.9. The van der Waals surface area contributed by atoms with Crippen LogP contribution >= 0.6 is 18.1 Å². The minimum Gasteiger partial charge on any atom is -0.507 e. The summed E-state index contributed by atoms with van der Waals surface area (Å²) in [5.41, 5.74) is 7.96. The lowest BCUT2D eigenvalue weighted by molar-refractivity contribution is 0.258. The summed E-state index contributed by atoms with van der Waals surface area (Å²) in [7, 11) is -0.642. The van der Waals surface area contributed by atoms with Gasteiger partial charge < -0.3 is 23.2 Å². The van der Waals surface area contributed by atoms with Gasteiger partial charge in [-0.2, -0.15) is 0 Å². The lowest BCUT2D eigenvalue weighted by Gasteiger charge is -2.22. The molecule has 284 valence electrons. The summed E-state index contributed by atoms with van der Waals surface area (Å²) in [6.07, 6.45) is 1.40. The predicted molar refractivity (Wildman–Crippen MR) is 240 cm³/mol. The van der Waals surface area contributed by atoms with Crippen molar-refractivity contribution in [2.24, 2.45) is 0 Å². The second-order valence-corrected chi connectivity index (χ2v) is 14.7. The zero-order valence-corrected chi connectivity index (χ0v) is 34.1. The Bertz CT molecular complexity index is 2610. The van der Waals surface area contributed by atoms with Gasteiger partial charge in [0, 0.05) is 16.7 Å². The smallest absolute Gasteiger partial charge is 0.275 e. The standard InChI is InChI=1S/C43H36O5P2.C7H8/c1-4-30-23-26-38(29(3)28(30)2)45-50-48-43(33-16-6-5-7-17-33)36-20-12-13-21-39(36)46-49-47-40-27-24-32-15-9-11-19-35(32)42(40)41-34-18-10-8-14-31(34)22-25-37(41)44;1-7-5-3-2-4-6-7/h4-27,43-44,49-50H,1H2,2-3H3;2-6H,1H3. The highest BCUT2D eigenvalue weighted by Gasteiger charge is 2.22. The number of benzene rings is 8. The van der Waals surface area contributed by atoms with E-state index in [1.54, 1.807) is 6.07 Å². The van der Waals surface area contributed by atoms with Crippen LogP contribution < -0.4 is 13.6 Å². The highest BCUT2D eigenvalue weighted by molar-refractivity contribution is 7.27. The van der Waals surface area contributed by atoms with E-state index in [0.717, 1.165) is 66.2 Å². The Balaban J connectivity index is 0.000000641. The van der Waals surface area contributed by atoms with E-state index in [1.165, 1.54) is 5.56 Å². The van der Waals surface area contributed by atoms with Gasteiger partial charge in [-0.05, 0) is 88.8 Å². The van der Waals surface area contributed by atoms with Crippen LogP contribution in [0.5, 0.6) is 23.0 Å². The maximum atomic E-state index is 11.2. The molecule has 7 heteroatoms. The van der Waals surface area contributed by atoms with Crippen molar-refractivity contribution in [3.63, 3.8) is 0 Å². The summed E-state index contributed by atoms with van der Waals surface area (Å²) in [5, 5.41) is 15.2. The highest BCUT2D eigenvalue weighted by Crippen LogP contribution is 2.47. The second kappa shape index (κ2) is 18.8. The molecule has 8 aromatic rings. The number of phenolic OH excluding ortho intramolecular Hbond substituents is 1. The number of hydrogen-bond acceptors (Lipinski definition) is 5. The molecule has 0 bridgehead atoms. The summed E-state index contributed by atoms with van der Waals surface area (Å²) in [4.78, 5) is 0. The van der Waals surface area contributed by atoms with Crippen molar-refractivity contribution in [2.75, 3.05) is 0 Å². The van der Waals surface area contributed by atoms with Crippen LogP contribution in [0.15, 0.2) is 176 Å². The van der Waals surface area contributed by atoms with Crippen molar-refractivity contribution >= 4 is 45.7 Å². The minimum atomic E-state index is -0.451. The van der Waals surface area contributed by atoms with Crippen LogP contribution in [0.3, 0.4) is 0 Å². The molecule has 8 aromatic carbocycles. The molecule has 0 aliphatic carbocycles. The molecule has 57 heavy (non-hydrogen) atoms. The van der Waals surface area contributed by atoms with Crippen molar-refractivity contribution in [3.8, 4) is 34.1 Å². The van der Waals surface area contributed by atoms with Crippen molar-refractivity contribution in [1.29, 1.82) is 0 Å². The van der Waals surface area contributed by atoms with Crippen LogP contribution in [0.4, 0.5) is 0 Å². The van der Waals surface area contributed by atoms with Gasteiger partial charge >= 0.3 is 0 Å². The monoisotopic (exact) mass is 786 g/mol. The van der Waals surface area contributed by atoms with Crippen LogP contribution in [-0.4, -0.2) is 5.11 Å². The van der Waals surface area contributed by atoms with Gasteiger partial charge in [-0.1, -0.05) is 164 Å². The van der Waals surface area contributed by atoms with E-state index in [9.17, 15) is 5.11 Å². The third kappa shape index (κ3) is 9.20. The van der Waals surface area contributed by atoms with Crippen LogP contribution in [0.2, 0.25) is 0 Å². The summed E-state index contributed by atoms with van der Waals surface area (Å²) in [6.45, 7) is 10.1. The molecule has 0 saturated carbocycles. The molecule has 3 unspecified atom stereocenters. The molecule has 0 heterocycles. The Morgan fingerprint density at radius 2 is 1.07 bits per heavy atom. The Kier molecular flexibility index (Phi) is 12.9. The summed E-state index contributed by atoms with van der Waals surface area (Å²) in [5.74, 6) is 2.22. The average molecular weight is 787 g/mol. The maximum absolute atomic E-state index is 11.2. The van der Waals surface area contributed by atoms with Crippen LogP contribution in [0, 0.1) is 20.8 Å². The van der Waals surface area contributed by atoms with Gasteiger partial charge in [0.25, 0.3) is 9.03 Å². The second-order valence-electron chi connectivity index (χ2n) is 13.5. The molecular weight excluding hydrogens is 742 g/mol. The molecule has 0 aliphatic rings. The molecule has 0 spiro atoms. The number of para-hydroxylation sites is 1. The zero-order chi connectivity index (χ0) is 39.6. The van der Waals surface area contributed by atoms with Crippen molar-refractivity contribution in [1.82, 2.24) is 0 Å². The van der Waals surface area contributed by atoms with Gasteiger partial charge in [-0.3, -0.25) is 0 Å². The highest BCUT2D eigenvalue weighted by atomic mass is 31.1. The normalized spacial score (nSPS) is 11.8. The molecule has 0 amide bonds. The molecule has 0 fully saturated rings. The third-order valence-electron chi connectivity index (χ3n) is 9.91. The fourth-order valence-electron chi connectivity index (χ4n) is 6.76. The Morgan fingerprint density at radius 1 is 0.509 bits per heavy atom. The van der Waals surface area contributed by atoms with Crippen LogP contribution in [-0.2, 0) is 4.52 Å². The molecule has 0 radical (unpaired) electrons. The third-order valence-corrected chi connectivity index (χ3v) is 11.2. The number of fused-ring (bicyclic) bond motifs is 2. The number of hydrogen-bond donors (Lipinski definition) is 1. The van der Waals surface area contributed by atoms with Crippen molar-refractivity contribution in [2.45, 2.75) is 26.9 Å². The van der Waals surface area contributed by atoms with Gasteiger partial charge in [0.15, 0.2) is 0 Å². The Labute approximate surface area is 338 Å². The first-order valence-corrected chi connectivity index (χ1v) is 20.3. The number of phenols is 1. The van der Waals surface area contributed by atoms with Crippen LogP contribution in [0.1, 0.15) is 39.5 Å². The van der Waals surface area contributed by atoms with E-state index in [2.05, 4.69) is 44.7 Å². The zero-order valence-electron chi connectivity index (χ0n) is 32.1. The molecular formula is C50H44O5P2. The van der Waals surface area contributed by atoms with Gasteiger partial charge in [0.1, 0.15) is 29.1 Å². The molecule has 0 saturated heterocycles. The summed E-state index contributed by atoms with van der Waals surface area (Å²) < 4.78 is 25.5. The number of aromatic hydroxyl groups is 1. The van der Waals surface area contributed by atoms with E-state index in [1.807, 2.05) is 153 Å².